The molecule has 0 atom stereocenters. The minimum atomic E-state index is 0.0882. The van der Waals surface area contributed by atoms with Crippen LogP contribution in [0.25, 0.3) is 11.0 Å². The van der Waals surface area contributed by atoms with E-state index in [4.69, 9.17) is 0 Å². The number of nitrogens with zero attached hydrogens (tertiary/aromatic N) is 2. The van der Waals surface area contributed by atoms with Crippen LogP contribution in [0.2, 0.25) is 0 Å². The number of hydrogen-bond donors (Lipinski definition) is 2. The first-order valence-corrected chi connectivity index (χ1v) is 7.50. The molecule has 0 radical (unpaired) electrons. The highest BCUT2D eigenvalue weighted by Crippen LogP contribution is 2.14. The Morgan fingerprint density at radius 2 is 2.05 bits per heavy atom. The number of para-hydroxylation sites is 2. The number of nitrogens with one attached hydrogen (secondary N) is 2. The van der Waals surface area contributed by atoms with Crippen LogP contribution in [-0.2, 0) is 11.3 Å². The molecule has 5 nitrogen and oxygen atoms in total. The van der Waals surface area contributed by atoms with E-state index < -0.39 is 0 Å². The number of carbonyl (C=O) groups excluding carboxylic acids is 1. The normalized spacial score (nSPS) is 11.2. The number of aromatic nitrogens is 2. The number of carbonyl (C=O) groups is 1. The molecule has 1 heterocycles. The van der Waals surface area contributed by atoms with Crippen molar-refractivity contribution in [3.05, 3.63) is 30.1 Å². The van der Waals surface area contributed by atoms with Gasteiger partial charge >= 0.3 is 0 Å². The molecule has 0 aliphatic carbocycles. The maximum absolute atomic E-state index is 11.7. The van der Waals surface area contributed by atoms with Crippen LogP contribution >= 0.6 is 0 Å². The summed E-state index contributed by atoms with van der Waals surface area (Å²) in [5.74, 6) is 1.07. The molecule has 5 heteroatoms. The molecule has 0 saturated carbocycles. The van der Waals surface area contributed by atoms with Crippen molar-refractivity contribution in [3.63, 3.8) is 0 Å². The minimum absolute atomic E-state index is 0.0882. The molecule has 0 saturated heterocycles. The maximum atomic E-state index is 11.7. The van der Waals surface area contributed by atoms with E-state index in [0.717, 1.165) is 29.9 Å². The zero-order valence-electron chi connectivity index (χ0n) is 13.0. The smallest absolute Gasteiger partial charge is 0.221 e. The summed E-state index contributed by atoms with van der Waals surface area (Å²) in [7, 11) is 0. The molecule has 114 valence electrons. The van der Waals surface area contributed by atoms with Crippen molar-refractivity contribution in [2.75, 3.05) is 13.1 Å². The van der Waals surface area contributed by atoms with Crippen LogP contribution in [-0.4, -0.2) is 34.6 Å². The molecule has 0 spiro atoms. The standard InChI is InChI=1S/C16H24N4O/c1-12(2)17-9-8-16(21)18-10-11-20-13(3)19-14-6-4-5-7-15(14)20/h4-7,12,17H,8-11H2,1-3H3,(H,18,21). The summed E-state index contributed by atoms with van der Waals surface area (Å²) in [6, 6.07) is 8.48. The molecule has 0 aliphatic rings. The molecule has 0 unspecified atom stereocenters. The van der Waals surface area contributed by atoms with E-state index in [9.17, 15) is 4.79 Å². The van der Waals surface area contributed by atoms with E-state index in [1.165, 1.54) is 0 Å². The Kier molecular flexibility index (Phi) is 5.33. The van der Waals surface area contributed by atoms with Crippen LogP contribution in [0.15, 0.2) is 24.3 Å². The van der Waals surface area contributed by atoms with Crippen LogP contribution in [0.1, 0.15) is 26.1 Å². The fourth-order valence-corrected chi connectivity index (χ4v) is 2.35. The van der Waals surface area contributed by atoms with Crippen molar-refractivity contribution in [3.8, 4) is 0 Å². The number of aryl methyl sites for hydroxylation is 1. The fraction of sp³-hybridized carbons (Fsp3) is 0.500. The average Bonchev–Trinajstić information content (AvgIpc) is 2.75. The lowest BCUT2D eigenvalue weighted by Crippen LogP contribution is -2.32. The van der Waals surface area contributed by atoms with Gasteiger partial charge in [0.15, 0.2) is 0 Å². The molecule has 21 heavy (non-hydrogen) atoms. The fourth-order valence-electron chi connectivity index (χ4n) is 2.35. The van der Waals surface area contributed by atoms with Crippen LogP contribution in [0.5, 0.6) is 0 Å². The largest absolute Gasteiger partial charge is 0.354 e. The third kappa shape index (κ3) is 4.29. The second-order valence-electron chi connectivity index (χ2n) is 5.51. The summed E-state index contributed by atoms with van der Waals surface area (Å²) >= 11 is 0. The Bertz CT molecular complexity index is 603. The highest BCUT2D eigenvalue weighted by atomic mass is 16.1. The minimum Gasteiger partial charge on any atom is -0.354 e. The zero-order chi connectivity index (χ0) is 15.2. The number of hydrogen-bond acceptors (Lipinski definition) is 3. The van der Waals surface area contributed by atoms with Crippen molar-refractivity contribution in [1.29, 1.82) is 0 Å². The lowest BCUT2D eigenvalue weighted by molar-refractivity contribution is -0.121. The quantitative estimate of drug-likeness (QED) is 0.817. The van der Waals surface area contributed by atoms with Gasteiger partial charge in [0.1, 0.15) is 5.82 Å². The number of amides is 1. The lowest BCUT2D eigenvalue weighted by Gasteiger charge is -2.10. The van der Waals surface area contributed by atoms with E-state index in [0.29, 0.717) is 19.0 Å². The summed E-state index contributed by atoms with van der Waals surface area (Å²) in [6.45, 7) is 8.23. The maximum Gasteiger partial charge on any atom is 0.221 e. The van der Waals surface area contributed by atoms with Crippen molar-refractivity contribution in [2.45, 2.75) is 39.8 Å². The summed E-state index contributed by atoms with van der Waals surface area (Å²) in [5, 5.41) is 6.20. The Labute approximate surface area is 125 Å². The Morgan fingerprint density at radius 3 is 2.81 bits per heavy atom. The molecule has 0 fully saturated rings. The van der Waals surface area contributed by atoms with Crippen LogP contribution in [0.3, 0.4) is 0 Å². The lowest BCUT2D eigenvalue weighted by atomic mass is 10.3. The van der Waals surface area contributed by atoms with E-state index in [2.05, 4.69) is 40.1 Å². The van der Waals surface area contributed by atoms with Crippen molar-refractivity contribution in [2.24, 2.45) is 0 Å². The average molecular weight is 288 g/mol. The SMILES string of the molecule is Cc1nc2ccccc2n1CCNC(=O)CCNC(C)C. The number of benzene rings is 1. The van der Waals surface area contributed by atoms with Crippen LogP contribution < -0.4 is 10.6 Å². The third-order valence-electron chi connectivity index (χ3n) is 3.41. The van der Waals surface area contributed by atoms with Gasteiger partial charge in [0.05, 0.1) is 11.0 Å². The molecule has 0 bridgehead atoms. The summed E-state index contributed by atoms with van der Waals surface area (Å²) < 4.78 is 2.14. The molecule has 2 aromatic rings. The van der Waals surface area contributed by atoms with E-state index in [-0.39, 0.29) is 5.91 Å². The van der Waals surface area contributed by atoms with Crippen LogP contribution in [0.4, 0.5) is 0 Å². The molecular formula is C16H24N4O. The van der Waals surface area contributed by atoms with Gasteiger partial charge in [-0.25, -0.2) is 4.98 Å². The second-order valence-corrected chi connectivity index (χ2v) is 5.51. The highest BCUT2D eigenvalue weighted by Gasteiger charge is 2.07. The van der Waals surface area contributed by atoms with Gasteiger partial charge in [-0.3, -0.25) is 4.79 Å². The van der Waals surface area contributed by atoms with Gasteiger partial charge in [0, 0.05) is 32.1 Å². The van der Waals surface area contributed by atoms with Crippen molar-refractivity contribution < 1.29 is 4.79 Å². The van der Waals surface area contributed by atoms with Gasteiger partial charge in [0.25, 0.3) is 0 Å². The Balaban J connectivity index is 1.82. The van der Waals surface area contributed by atoms with Gasteiger partial charge in [-0.15, -0.1) is 0 Å². The number of rotatable bonds is 7. The predicted molar refractivity (Wildman–Crippen MR) is 85.2 cm³/mol. The molecule has 2 N–H and O–H groups in total. The van der Waals surface area contributed by atoms with Gasteiger partial charge in [-0.1, -0.05) is 26.0 Å². The van der Waals surface area contributed by atoms with E-state index in [1.54, 1.807) is 0 Å². The Hall–Kier alpha value is -1.88. The molecule has 1 aromatic heterocycles. The predicted octanol–water partition coefficient (Wildman–Crippen LogP) is 1.85. The van der Waals surface area contributed by atoms with Gasteiger partial charge < -0.3 is 15.2 Å². The van der Waals surface area contributed by atoms with Gasteiger partial charge in [-0.05, 0) is 19.1 Å². The number of fused-ring (bicyclic) bond motifs is 1. The van der Waals surface area contributed by atoms with Crippen LogP contribution in [0, 0.1) is 6.92 Å². The number of imidazole rings is 1. The molecule has 1 amide bonds. The molecular weight excluding hydrogens is 264 g/mol. The third-order valence-corrected chi connectivity index (χ3v) is 3.41. The zero-order valence-corrected chi connectivity index (χ0v) is 13.0. The first-order chi connectivity index (χ1) is 10.1. The molecule has 0 aliphatic heterocycles. The van der Waals surface area contributed by atoms with E-state index in [1.807, 2.05) is 25.1 Å². The summed E-state index contributed by atoms with van der Waals surface area (Å²) in [4.78, 5) is 16.2. The molecule has 2 rings (SSSR count). The monoisotopic (exact) mass is 288 g/mol. The topological polar surface area (TPSA) is 59.0 Å². The first-order valence-electron chi connectivity index (χ1n) is 7.50. The van der Waals surface area contributed by atoms with Gasteiger partial charge in [-0.2, -0.15) is 0 Å². The van der Waals surface area contributed by atoms with E-state index >= 15 is 0 Å². The highest BCUT2D eigenvalue weighted by molar-refractivity contribution is 5.76. The Morgan fingerprint density at radius 1 is 1.29 bits per heavy atom. The summed E-state index contributed by atoms with van der Waals surface area (Å²) in [6.07, 6.45) is 0.516. The van der Waals surface area contributed by atoms with Gasteiger partial charge in [0.2, 0.25) is 5.91 Å². The molecule has 1 aromatic carbocycles. The van der Waals surface area contributed by atoms with Crippen molar-refractivity contribution in [1.82, 2.24) is 20.2 Å². The summed E-state index contributed by atoms with van der Waals surface area (Å²) in [5.41, 5.74) is 2.12. The van der Waals surface area contributed by atoms with Crippen molar-refractivity contribution >= 4 is 16.9 Å². The first kappa shape index (κ1) is 15.5. The second kappa shape index (κ2) is 7.22.